The van der Waals surface area contributed by atoms with Crippen molar-refractivity contribution in [2.24, 2.45) is 0 Å². The van der Waals surface area contributed by atoms with Gasteiger partial charge in [0.05, 0.1) is 23.3 Å². The Balaban J connectivity index is 1.54. The van der Waals surface area contributed by atoms with Crippen LogP contribution in [0, 0.1) is 0 Å². The van der Waals surface area contributed by atoms with Gasteiger partial charge < -0.3 is 15.0 Å². The Morgan fingerprint density at radius 2 is 1.87 bits per heavy atom. The maximum Gasteiger partial charge on any atom is 0.573 e. The van der Waals surface area contributed by atoms with Crippen molar-refractivity contribution in [3.63, 3.8) is 0 Å². The zero-order valence-electron chi connectivity index (χ0n) is 20.3. The minimum absolute atomic E-state index is 0.147. The molecule has 12 nitrogen and oxygen atoms in total. The number of hydrogen-bond acceptors (Lipinski definition) is 9. The number of nitrogens with one attached hydrogen (secondary N) is 1. The van der Waals surface area contributed by atoms with Crippen LogP contribution in [-0.2, 0) is 9.84 Å². The predicted octanol–water partition coefficient (Wildman–Crippen LogP) is 2.08. The average Bonchev–Trinajstić information content (AvgIpc) is 3.57. The molecular weight excluding hydrogens is 531 g/mol. The number of nitrogens with zero attached hydrogens (tertiary/aromatic N) is 6. The summed E-state index contributed by atoms with van der Waals surface area (Å²) >= 11 is 0. The number of halogens is 3. The zero-order valence-corrected chi connectivity index (χ0v) is 21.1. The summed E-state index contributed by atoms with van der Waals surface area (Å²) in [5.41, 5.74) is -0.235. The molecule has 3 aromatic rings. The van der Waals surface area contributed by atoms with Gasteiger partial charge >= 0.3 is 6.36 Å². The van der Waals surface area contributed by atoms with Crippen molar-refractivity contribution in [3.05, 3.63) is 54.0 Å². The van der Waals surface area contributed by atoms with E-state index in [1.165, 1.54) is 30.3 Å². The molecule has 1 aromatic carbocycles. The number of sulfone groups is 1. The van der Waals surface area contributed by atoms with E-state index >= 15 is 0 Å². The van der Waals surface area contributed by atoms with Crippen LogP contribution in [0.3, 0.4) is 0 Å². The molecule has 1 atom stereocenters. The molecule has 2 heterocycles. The van der Waals surface area contributed by atoms with Crippen LogP contribution in [0.15, 0.2) is 41.8 Å². The normalized spacial score (nSPS) is 14.6. The molecule has 1 fully saturated rings. The van der Waals surface area contributed by atoms with Crippen LogP contribution in [0.2, 0.25) is 0 Å². The highest BCUT2D eigenvalue weighted by Crippen LogP contribution is 2.28. The zero-order chi connectivity index (χ0) is 27.8. The monoisotopic (exact) mass is 553 g/mol. The van der Waals surface area contributed by atoms with Crippen LogP contribution in [0.4, 0.5) is 13.2 Å². The molecule has 0 saturated heterocycles. The topological polar surface area (TPSA) is 149 Å². The molecule has 1 aliphatic carbocycles. The molecule has 0 bridgehead atoms. The second-order valence-electron chi connectivity index (χ2n) is 8.65. The van der Waals surface area contributed by atoms with E-state index < -0.39 is 38.8 Å². The largest absolute Gasteiger partial charge is 0.573 e. The Morgan fingerprint density at radius 3 is 2.45 bits per heavy atom. The third kappa shape index (κ3) is 6.24. The average molecular weight is 554 g/mol. The van der Waals surface area contributed by atoms with Crippen molar-refractivity contribution >= 4 is 21.7 Å². The standard InChI is InChI=1S/C22H22F3N7O5S/c1-12(30-20(33)13-6-15(37-22(23,24)25)8-16(7-13)38(3,35)36)19-28-11-29-32(19)18-10-26-17(9-27-18)21(34)31(2)14-4-5-14/h6-12,14H,4-5H2,1-3H3,(H,30,33)/t12-/m0/s1. The highest BCUT2D eigenvalue weighted by molar-refractivity contribution is 7.90. The van der Waals surface area contributed by atoms with Gasteiger partial charge in [-0.2, -0.15) is 9.78 Å². The summed E-state index contributed by atoms with van der Waals surface area (Å²) in [7, 11) is -2.27. The van der Waals surface area contributed by atoms with Crippen LogP contribution < -0.4 is 10.1 Å². The van der Waals surface area contributed by atoms with Gasteiger partial charge in [-0.25, -0.2) is 23.4 Å². The molecule has 202 valence electrons. The molecular formula is C22H22F3N7O5S. The summed E-state index contributed by atoms with van der Waals surface area (Å²) in [5.74, 6) is -1.63. The van der Waals surface area contributed by atoms with E-state index in [0.717, 1.165) is 31.2 Å². The van der Waals surface area contributed by atoms with Gasteiger partial charge in [0.25, 0.3) is 11.8 Å². The van der Waals surface area contributed by atoms with Crippen LogP contribution in [-0.4, -0.2) is 75.6 Å². The molecule has 0 radical (unpaired) electrons. The van der Waals surface area contributed by atoms with E-state index in [-0.39, 0.29) is 34.8 Å². The number of hydrogen-bond donors (Lipinski definition) is 1. The minimum atomic E-state index is -5.10. The van der Waals surface area contributed by atoms with Gasteiger partial charge in [0.2, 0.25) is 0 Å². The molecule has 0 unspecified atom stereocenters. The lowest BCUT2D eigenvalue weighted by Gasteiger charge is -2.16. The summed E-state index contributed by atoms with van der Waals surface area (Å²) in [6.07, 6.45) is 1.38. The number of carbonyl (C=O) groups excluding carboxylic acids is 2. The number of aromatic nitrogens is 5. The quantitative estimate of drug-likeness (QED) is 0.442. The SMILES string of the molecule is C[C@H](NC(=O)c1cc(OC(F)(F)F)cc(S(C)(=O)=O)c1)c1ncnn1-c1cnc(C(=O)N(C)C2CC2)cn1. The number of benzene rings is 1. The fourth-order valence-corrected chi connectivity index (χ4v) is 4.20. The van der Waals surface area contributed by atoms with E-state index in [9.17, 15) is 31.2 Å². The van der Waals surface area contributed by atoms with Crippen LogP contribution in [0.5, 0.6) is 5.75 Å². The minimum Gasteiger partial charge on any atom is -0.406 e. The molecule has 4 rings (SSSR count). The summed E-state index contributed by atoms with van der Waals surface area (Å²) in [6, 6.07) is 1.72. The predicted molar refractivity (Wildman–Crippen MR) is 124 cm³/mol. The van der Waals surface area contributed by atoms with Crippen LogP contribution in [0.1, 0.15) is 52.5 Å². The van der Waals surface area contributed by atoms with Crippen molar-refractivity contribution in [2.45, 2.75) is 43.1 Å². The summed E-state index contributed by atoms with van der Waals surface area (Å²) in [4.78, 5) is 38.9. The third-order valence-corrected chi connectivity index (χ3v) is 6.69. The lowest BCUT2D eigenvalue weighted by Crippen LogP contribution is -2.30. The molecule has 2 amide bonds. The van der Waals surface area contributed by atoms with Gasteiger partial charge in [-0.05, 0) is 38.0 Å². The van der Waals surface area contributed by atoms with Crippen molar-refractivity contribution in [2.75, 3.05) is 13.3 Å². The highest BCUT2D eigenvalue weighted by Gasteiger charge is 2.33. The molecule has 16 heteroatoms. The van der Waals surface area contributed by atoms with Gasteiger partial charge in [0, 0.05) is 24.9 Å². The summed E-state index contributed by atoms with van der Waals surface area (Å²) in [5, 5.41) is 6.61. The Morgan fingerprint density at radius 1 is 1.16 bits per heavy atom. The van der Waals surface area contributed by atoms with Gasteiger partial charge in [-0.1, -0.05) is 0 Å². The lowest BCUT2D eigenvalue weighted by atomic mass is 10.2. The highest BCUT2D eigenvalue weighted by atomic mass is 32.2. The summed E-state index contributed by atoms with van der Waals surface area (Å²) in [6.45, 7) is 1.53. The van der Waals surface area contributed by atoms with Crippen LogP contribution in [0.25, 0.3) is 5.82 Å². The van der Waals surface area contributed by atoms with Gasteiger partial charge in [-0.15, -0.1) is 13.2 Å². The Bertz CT molecular complexity index is 1470. The molecule has 0 aliphatic heterocycles. The number of ether oxygens (including phenoxy) is 1. The Hall–Kier alpha value is -4.08. The fourth-order valence-electron chi connectivity index (χ4n) is 3.53. The second-order valence-corrected chi connectivity index (χ2v) is 10.7. The van der Waals surface area contributed by atoms with E-state index in [2.05, 4.69) is 30.1 Å². The third-order valence-electron chi connectivity index (χ3n) is 5.60. The smallest absolute Gasteiger partial charge is 0.406 e. The van der Waals surface area contributed by atoms with Gasteiger partial charge in [0.15, 0.2) is 21.5 Å². The maximum atomic E-state index is 12.9. The molecule has 1 N–H and O–H groups in total. The summed E-state index contributed by atoms with van der Waals surface area (Å²) < 4.78 is 67.2. The molecule has 1 saturated carbocycles. The maximum absolute atomic E-state index is 12.9. The fraction of sp³-hybridized carbons (Fsp3) is 0.364. The van der Waals surface area contributed by atoms with Crippen molar-refractivity contribution in [3.8, 4) is 11.6 Å². The van der Waals surface area contributed by atoms with Gasteiger partial charge in [0.1, 0.15) is 17.8 Å². The lowest BCUT2D eigenvalue weighted by molar-refractivity contribution is -0.274. The molecule has 0 spiro atoms. The van der Waals surface area contributed by atoms with E-state index in [4.69, 9.17) is 0 Å². The van der Waals surface area contributed by atoms with Crippen LogP contribution >= 0.6 is 0 Å². The van der Waals surface area contributed by atoms with E-state index in [0.29, 0.717) is 6.07 Å². The molecule has 38 heavy (non-hydrogen) atoms. The van der Waals surface area contributed by atoms with E-state index in [1.807, 2.05) is 0 Å². The van der Waals surface area contributed by atoms with E-state index in [1.54, 1.807) is 11.9 Å². The molecule has 2 aromatic heterocycles. The first-order chi connectivity index (χ1) is 17.7. The van der Waals surface area contributed by atoms with Crippen molar-refractivity contribution in [1.82, 2.24) is 34.9 Å². The van der Waals surface area contributed by atoms with Gasteiger partial charge in [-0.3, -0.25) is 9.59 Å². The second kappa shape index (κ2) is 10.00. The van der Waals surface area contributed by atoms with Crippen molar-refractivity contribution < 1.29 is 35.9 Å². The number of alkyl halides is 3. The first-order valence-corrected chi connectivity index (χ1v) is 13.0. The number of rotatable bonds is 8. The number of amides is 2. The Labute approximate surface area is 214 Å². The first-order valence-electron chi connectivity index (χ1n) is 11.1. The Kier molecular flexibility index (Phi) is 7.10. The molecule has 1 aliphatic rings. The van der Waals surface area contributed by atoms with Crippen molar-refractivity contribution in [1.29, 1.82) is 0 Å². The number of carbonyl (C=O) groups is 2. The first kappa shape index (κ1) is 27.0.